The zero-order valence-corrected chi connectivity index (χ0v) is 34.0. The predicted octanol–water partition coefficient (Wildman–Crippen LogP) is 4.94. The van der Waals surface area contributed by atoms with E-state index in [1.54, 1.807) is 42.8 Å². The number of thiazole rings is 1. The van der Waals surface area contributed by atoms with E-state index >= 15 is 4.39 Å². The SMILES string of the molecule is C[C@@H]1[C@@H](NC(=O)CN(Cc2cccc(-c3cc(C(=O)N[C@@H](Cc4cscn4)CN(C)C)cc(N(C)C)c3)c2F)O[C@@H](CN)C[C@H](C)O)C[C@H]2C[C@@H]1C2(C)C. The molecule has 6 rings (SSSR count). The van der Waals surface area contributed by atoms with E-state index in [1.165, 1.54) is 22.8 Å². The lowest BCUT2D eigenvalue weighted by molar-refractivity contribution is -0.208. The van der Waals surface area contributed by atoms with Crippen LogP contribution in [0.4, 0.5) is 10.1 Å². The maximum absolute atomic E-state index is 16.7. The van der Waals surface area contributed by atoms with E-state index in [0.29, 0.717) is 58.4 Å². The Hall–Kier alpha value is -3.46. The topological polar surface area (TPSA) is 136 Å². The van der Waals surface area contributed by atoms with Crippen molar-refractivity contribution in [2.75, 3.05) is 52.7 Å². The minimum Gasteiger partial charge on any atom is -0.393 e. The van der Waals surface area contributed by atoms with Crippen LogP contribution in [0.3, 0.4) is 0 Å². The van der Waals surface area contributed by atoms with Crippen molar-refractivity contribution in [3.8, 4) is 11.1 Å². The molecule has 0 unspecified atom stereocenters. The largest absolute Gasteiger partial charge is 0.393 e. The second kappa shape index (κ2) is 18.0. The van der Waals surface area contributed by atoms with Gasteiger partial charge in [0.1, 0.15) is 12.4 Å². The molecule has 1 heterocycles. The van der Waals surface area contributed by atoms with Crippen LogP contribution in [0.2, 0.25) is 0 Å². The molecule has 3 saturated carbocycles. The minimum atomic E-state index is -0.673. The number of benzene rings is 2. The molecule has 0 saturated heterocycles. The Bertz CT molecular complexity index is 1720. The van der Waals surface area contributed by atoms with E-state index in [0.717, 1.165) is 17.8 Å². The van der Waals surface area contributed by atoms with Gasteiger partial charge in [0.2, 0.25) is 5.91 Å². The van der Waals surface area contributed by atoms with Crippen LogP contribution in [-0.2, 0) is 22.6 Å². The van der Waals surface area contributed by atoms with E-state index in [-0.39, 0.29) is 50.0 Å². The van der Waals surface area contributed by atoms with Crippen molar-refractivity contribution in [1.82, 2.24) is 25.6 Å². The zero-order valence-electron chi connectivity index (χ0n) is 33.1. The average Bonchev–Trinajstić information content (AvgIpc) is 3.61. The van der Waals surface area contributed by atoms with Crippen molar-refractivity contribution in [3.05, 3.63) is 69.9 Å². The van der Waals surface area contributed by atoms with E-state index < -0.39 is 18.0 Å². The van der Waals surface area contributed by atoms with Crippen LogP contribution in [0.1, 0.15) is 68.6 Å². The predicted molar refractivity (Wildman–Crippen MR) is 214 cm³/mol. The molecule has 2 amide bonds. The van der Waals surface area contributed by atoms with E-state index in [2.05, 4.69) is 36.4 Å². The summed E-state index contributed by atoms with van der Waals surface area (Å²) in [6.07, 6.45) is 1.74. The first kappa shape index (κ1) is 41.7. The molecule has 54 heavy (non-hydrogen) atoms. The monoisotopic (exact) mass is 765 g/mol. The number of rotatable bonds is 18. The summed E-state index contributed by atoms with van der Waals surface area (Å²) in [5, 5.41) is 20.0. The summed E-state index contributed by atoms with van der Waals surface area (Å²) in [4.78, 5) is 41.9. The maximum atomic E-state index is 16.7. The van der Waals surface area contributed by atoms with Gasteiger partial charge in [0.05, 0.1) is 30.0 Å². The lowest BCUT2D eigenvalue weighted by atomic mass is 9.45. The Morgan fingerprint density at radius 3 is 2.54 bits per heavy atom. The molecule has 11 nitrogen and oxygen atoms in total. The number of aliphatic hydroxyl groups is 1. The molecule has 3 aliphatic rings. The highest BCUT2D eigenvalue weighted by Gasteiger charge is 2.56. The van der Waals surface area contributed by atoms with Gasteiger partial charge in [-0.3, -0.25) is 14.4 Å². The number of hydroxylamine groups is 2. The molecular weight excluding hydrogens is 706 g/mol. The number of likely N-dealkylation sites (N-methyl/N-ethyl adjacent to an activating group) is 1. The molecule has 3 fully saturated rings. The van der Waals surface area contributed by atoms with Crippen LogP contribution < -0.4 is 21.3 Å². The summed E-state index contributed by atoms with van der Waals surface area (Å²) in [6, 6.07) is 10.4. The number of carbonyl (C=O) groups excluding carboxylic acids is 2. The van der Waals surface area contributed by atoms with E-state index in [1.807, 2.05) is 49.4 Å². The second-order valence-electron chi connectivity index (χ2n) is 16.5. The summed E-state index contributed by atoms with van der Waals surface area (Å²) in [6.45, 7) is 9.11. The molecule has 0 aliphatic heterocycles. The Labute approximate surface area is 324 Å². The van der Waals surface area contributed by atoms with Crippen molar-refractivity contribution >= 4 is 28.8 Å². The van der Waals surface area contributed by atoms with Gasteiger partial charge in [-0.25, -0.2) is 9.37 Å². The summed E-state index contributed by atoms with van der Waals surface area (Å²) in [5.74, 6) is 0.563. The summed E-state index contributed by atoms with van der Waals surface area (Å²) in [5.41, 5.74) is 11.3. The highest BCUT2D eigenvalue weighted by atomic mass is 32.1. The van der Waals surface area contributed by atoms with Crippen molar-refractivity contribution < 1.29 is 23.9 Å². The van der Waals surface area contributed by atoms with Gasteiger partial charge in [-0.2, -0.15) is 5.06 Å². The number of nitrogens with zero attached hydrogens (tertiary/aromatic N) is 4. The molecule has 296 valence electrons. The molecule has 13 heteroatoms. The zero-order chi connectivity index (χ0) is 39.3. The molecular formula is C41H60FN7O4S. The van der Waals surface area contributed by atoms with Gasteiger partial charge < -0.3 is 31.3 Å². The normalized spacial score (nSPS) is 22.0. The third-order valence-corrected chi connectivity index (χ3v) is 12.1. The Morgan fingerprint density at radius 2 is 1.93 bits per heavy atom. The van der Waals surface area contributed by atoms with Gasteiger partial charge in [-0.15, -0.1) is 11.3 Å². The minimum absolute atomic E-state index is 0.0363. The molecule has 0 spiro atoms. The van der Waals surface area contributed by atoms with Crippen molar-refractivity contribution in [1.29, 1.82) is 0 Å². The Balaban J connectivity index is 1.38. The van der Waals surface area contributed by atoms with Crippen LogP contribution in [0.15, 0.2) is 47.3 Å². The van der Waals surface area contributed by atoms with Gasteiger partial charge in [-0.05, 0) is 80.8 Å². The average molecular weight is 766 g/mol. The number of amides is 2. The fourth-order valence-corrected chi connectivity index (χ4v) is 8.96. The quantitative estimate of drug-likeness (QED) is 0.133. The molecule has 0 radical (unpaired) electrons. The van der Waals surface area contributed by atoms with Gasteiger partial charge in [-0.1, -0.05) is 39.0 Å². The van der Waals surface area contributed by atoms with Crippen LogP contribution in [0.25, 0.3) is 11.1 Å². The number of anilines is 1. The highest BCUT2D eigenvalue weighted by molar-refractivity contribution is 7.07. The first-order valence-corrected chi connectivity index (χ1v) is 20.0. The Morgan fingerprint density at radius 1 is 1.17 bits per heavy atom. The van der Waals surface area contributed by atoms with E-state index in [4.69, 9.17) is 10.6 Å². The molecule has 1 aromatic heterocycles. The van der Waals surface area contributed by atoms with Gasteiger partial charge in [0.25, 0.3) is 5.91 Å². The van der Waals surface area contributed by atoms with Crippen LogP contribution >= 0.6 is 11.3 Å². The van der Waals surface area contributed by atoms with Gasteiger partial charge >= 0.3 is 0 Å². The highest BCUT2D eigenvalue weighted by Crippen LogP contribution is 2.61. The summed E-state index contributed by atoms with van der Waals surface area (Å²) in [7, 11) is 7.68. The summed E-state index contributed by atoms with van der Waals surface area (Å²) < 4.78 is 16.7. The van der Waals surface area contributed by atoms with Crippen molar-refractivity contribution in [2.45, 2.75) is 84.2 Å². The van der Waals surface area contributed by atoms with E-state index in [9.17, 15) is 14.7 Å². The number of halogens is 1. The number of aromatic nitrogens is 1. The smallest absolute Gasteiger partial charge is 0.251 e. The van der Waals surface area contributed by atoms with Crippen LogP contribution in [0, 0.1) is 29.0 Å². The van der Waals surface area contributed by atoms with Gasteiger partial charge in [0.15, 0.2) is 0 Å². The van der Waals surface area contributed by atoms with Gasteiger partial charge in [0, 0.05) is 79.9 Å². The number of carbonyl (C=O) groups is 2. The second-order valence-corrected chi connectivity index (χ2v) is 17.3. The number of hydrogen-bond donors (Lipinski definition) is 4. The Kier molecular flexibility index (Phi) is 13.9. The third kappa shape index (κ3) is 10.2. The molecule has 2 bridgehead atoms. The number of aliphatic hydroxyl groups excluding tert-OH is 1. The van der Waals surface area contributed by atoms with Crippen molar-refractivity contribution in [3.63, 3.8) is 0 Å². The third-order valence-electron chi connectivity index (χ3n) is 11.5. The number of nitrogens with one attached hydrogen (secondary N) is 2. The van der Waals surface area contributed by atoms with Crippen LogP contribution in [-0.4, -0.2) is 104 Å². The first-order chi connectivity index (χ1) is 25.5. The number of nitrogens with two attached hydrogens (primary N) is 1. The summed E-state index contributed by atoms with van der Waals surface area (Å²) >= 11 is 1.52. The lowest BCUT2D eigenvalue weighted by Gasteiger charge is -2.62. The fourth-order valence-electron chi connectivity index (χ4n) is 8.39. The van der Waals surface area contributed by atoms with Crippen molar-refractivity contribution in [2.24, 2.45) is 28.9 Å². The molecule has 7 atom stereocenters. The molecule has 3 aliphatic carbocycles. The number of fused-ring (bicyclic) bond motifs is 2. The number of hydrogen-bond acceptors (Lipinski definition) is 10. The standard InChI is InChI=1S/C41H60FN7O4S/c1-25(50)12-34(19-43)53-49(22-38(51)46-37-17-30-16-36(26(37)2)41(30,3)4)20-27-10-9-11-35(39(27)42)28-13-29(15-33(14-28)48(7)8)40(52)45-31(21-47(5)6)18-32-23-54-24-44-32/h9-11,13-15,23-26,30-31,34,36-37,50H,12,16-22,43H2,1-8H3,(H,45,52)(H,46,51)/t25-,26-,30+,31-,34+,36-,37-/m0/s1. The molecule has 5 N–H and O–H groups in total. The maximum Gasteiger partial charge on any atom is 0.251 e. The lowest BCUT2D eigenvalue weighted by Crippen LogP contribution is -2.61. The van der Waals surface area contributed by atoms with Crippen LogP contribution in [0.5, 0.6) is 0 Å². The fraction of sp³-hybridized carbons (Fsp3) is 0.585. The molecule has 3 aromatic rings. The molecule has 2 aromatic carbocycles. The first-order valence-electron chi connectivity index (χ1n) is 19.1.